The summed E-state index contributed by atoms with van der Waals surface area (Å²) >= 11 is 5.44. The van der Waals surface area contributed by atoms with Crippen LogP contribution in [0.1, 0.15) is 5.56 Å². The molecule has 0 aliphatic rings. The Hall–Kier alpha value is -0.960. The van der Waals surface area contributed by atoms with E-state index >= 15 is 0 Å². The predicted octanol–water partition coefficient (Wildman–Crippen LogP) is 2.77. The van der Waals surface area contributed by atoms with Crippen LogP contribution in [0.2, 0.25) is 5.02 Å². The molecule has 1 aromatic heterocycles. The second-order valence-corrected chi connectivity index (χ2v) is 2.20. The van der Waals surface area contributed by atoms with Gasteiger partial charge in [-0.1, -0.05) is 11.6 Å². The van der Waals surface area contributed by atoms with E-state index in [9.17, 15) is 8.78 Å². The SMILES string of the molecule is FC(F)=Cc1cn[c]c(Cl)c1. The van der Waals surface area contributed by atoms with Gasteiger partial charge >= 0.3 is 0 Å². The van der Waals surface area contributed by atoms with Gasteiger partial charge in [-0.15, -0.1) is 0 Å². The fraction of sp³-hybridized carbons (Fsp3) is 0. The molecule has 0 aliphatic heterocycles. The van der Waals surface area contributed by atoms with Crippen LogP contribution < -0.4 is 0 Å². The van der Waals surface area contributed by atoms with Crippen molar-refractivity contribution in [2.24, 2.45) is 0 Å². The molecule has 0 fully saturated rings. The van der Waals surface area contributed by atoms with Gasteiger partial charge in [0.25, 0.3) is 6.08 Å². The summed E-state index contributed by atoms with van der Waals surface area (Å²) in [5.74, 6) is 0. The zero-order chi connectivity index (χ0) is 8.27. The minimum atomic E-state index is -1.77. The van der Waals surface area contributed by atoms with Gasteiger partial charge in [-0.25, -0.2) is 0 Å². The summed E-state index contributed by atoms with van der Waals surface area (Å²) < 4.78 is 23.3. The molecule has 0 unspecified atom stereocenters. The average Bonchev–Trinajstić information content (AvgIpc) is 1.85. The van der Waals surface area contributed by atoms with Crippen molar-refractivity contribution in [3.8, 4) is 0 Å². The zero-order valence-corrected chi connectivity index (χ0v) is 6.07. The Labute approximate surface area is 67.3 Å². The van der Waals surface area contributed by atoms with Gasteiger partial charge in [0, 0.05) is 12.3 Å². The van der Waals surface area contributed by atoms with Gasteiger partial charge in [-0.3, -0.25) is 4.98 Å². The molecule has 0 amide bonds. The van der Waals surface area contributed by atoms with Gasteiger partial charge in [0.15, 0.2) is 0 Å². The van der Waals surface area contributed by atoms with E-state index in [2.05, 4.69) is 11.2 Å². The zero-order valence-electron chi connectivity index (χ0n) is 5.31. The molecule has 0 saturated heterocycles. The second kappa shape index (κ2) is 3.44. The van der Waals surface area contributed by atoms with Crippen LogP contribution >= 0.6 is 11.6 Å². The van der Waals surface area contributed by atoms with E-state index < -0.39 is 6.08 Å². The van der Waals surface area contributed by atoms with Gasteiger partial charge in [-0.2, -0.15) is 8.78 Å². The maximum absolute atomic E-state index is 11.6. The lowest BCUT2D eigenvalue weighted by molar-refractivity contribution is 0.429. The smallest absolute Gasteiger partial charge is 0.252 e. The van der Waals surface area contributed by atoms with Crippen molar-refractivity contribution >= 4 is 17.7 Å². The van der Waals surface area contributed by atoms with Crippen LogP contribution in [0.4, 0.5) is 8.78 Å². The van der Waals surface area contributed by atoms with Crippen molar-refractivity contribution in [1.29, 1.82) is 0 Å². The third kappa shape index (κ3) is 2.63. The van der Waals surface area contributed by atoms with E-state index in [1.54, 1.807) is 0 Å². The molecule has 0 N–H and O–H groups in total. The van der Waals surface area contributed by atoms with Crippen molar-refractivity contribution in [3.05, 3.63) is 35.1 Å². The van der Waals surface area contributed by atoms with Crippen LogP contribution in [0.3, 0.4) is 0 Å². The van der Waals surface area contributed by atoms with Crippen molar-refractivity contribution in [3.63, 3.8) is 0 Å². The van der Waals surface area contributed by atoms with E-state index in [4.69, 9.17) is 11.6 Å². The van der Waals surface area contributed by atoms with Crippen LogP contribution in [0.5, 0.6) is 0 Å². The molecule has 11 heavy (non-hydrogen) atoms. The second-order valence-electron chi connectivity index (χ2n) is 1.80. The summed E-state index contributed by atoms with van der Waals surface area (Å²) in [6.07, 6.45) is 2.56. The summed E-state index contributed by atoms with van der Waals surface area (Å²) in [6, 6.07) is 1.35. The first-order chi connectivity index (χ1) is 5.18. The molecule has 0 aliphatic carbocycles. The van der Waals surface area contributed by atoms with Crippen molar-refractivity contribution in [2.45, 2.75) is 0 Å². The lowest BCUT2D eigenvalue weighted by Crippen LogP contribution is -1.76. The number of halogens is 3. The molecule has 4 heteroatoms. The molecular weight excluding hydrogens is 172 g/mol. The summed E-state index contributed by atoms with van der Waals surface area (Å²) in [4.78, 5) is 3.50. The average molecular weight is 175 g/mol. The molecule has 1 nitrogen and oxygen atoms in total. The first kappa shape index (κ1) is 8.14. The first-order valence-corrected chi connectivity index (χ1v) is 3.12. The highest BCUT2D eigenvalue weighted by Gasteiger charge is 1.94. The van der Waals surface area contributed by atoms with Crippen LogP contribution in [-0.2, 0) is 0 Å². The van der Waals surface area contributed by atoms with Crippen LogP contribution in [0, 0.1) is 6.20 Å². The van der Waals surface area contributed by atoms with E-state index in [1.165, 1.54) is 12.3 Å². The lowest BCUT2D eigenvalue weighted by Gasteiger charge is -1.90. The van der Waals surface area contributed by atoms with Crippen molar-refractivity contribution in [2.75, 3.05) is 0 Å². The Kier molecular flexibility index (Phi) is 2.54. The van der Waals surface area contributed by atoms with Gasteiger partial charge in [0.05, 0.1) is 5.02 Å². The van der Waals surface area contributed by atoms with E-state index in [0.717, 1.165) is 0 Å². The minimum absolute atomic E-state index is 0.222. The summed E-state index contributed by atoms with van der Waals surface area (Å²) in [6.45, 7) is 0. The molecule has 1 rings (SSSR count). The minimum Gasteiger partial charge on any atom is -0.252 e. The molecule has 1 radical (unpaired) electrons. The fourth-order valence-corrected chi connectivity index (χ4v) is 0.764. The van der Waals surface area contributed by atoms with Gasteiger partial charge in [-0.05, 0) is 11.6 Å². The highest BCUT2D eigenvalue weighted by atomic mass is 35.5. The van der Waals surface area contributed by atoms with Crippen LogP contribution in [-0.4, -0.2) is 4.98 Å². The molecule has 0 aromatic carbocycles. The Morgan fingerprint density at radius 2 is 2.36 bits per heavy atom. The normalized spacial score (nSPS) is 9.36. The largest absolute Gasteiger partial charge is 0.270 e. The Balaban J connectivity index is 2.97. The standard InChI is InChI=1S/C7H3ClF2N/c8-6-1-5(2-7(9)10)3-11-4-6/h1-3H. The molecule has 0 bridgehead atoms. The van der Waals surface area contributed by atoms with Crippen LogP contribution in [0.15, 0.2) is 18.3 Å². The topological polar surface area (TPSA) is 12.9 Å². The van der Waals surface area contributed by atoms with E-state index in [0.29, 0.717) is 6.08 Å². The highest BCUT2D eigenvalue weighted by Crippen LogP contribution is 2.12. The first-order valence-electron chi connectivity index (χ1n) is 2.74. The number of rotatable bonds is 1. The Bertz CT molecular complexity index is 282. The summed E-state index contributed by atoms with van der Waals surface area (Å²) in [5.41, 5.74) is 0.272. The summed E-state index contributed by atoms with van der Waals surface area (Å²) in [5, 5.41) is 0.222. The van der Waals surface area contributed by atoms with Crippen molar-refractivity contribution in [1.82, 2.24) is 4.98 Å². The maximum Gasteiger partial charge on any atom is 0.270 e. The third-order valence-electron chi connectivity index (χ3n) is 0.954. The van der Waals surface area contributed by atoms with Gasteiger partial charge in [0.1, 0.15) is 6.20 Å². The van der Waals surface area contributed by atoms with Gasteiger partial charge < -0.3 is 0 Å². The highest BCUT2D eigenvalue weighted by molar-refractivity contribution is 6.30. The monoisotopic (exact) mass is 174 g/mol. The third-order valence-corrected chi connectivity index (χ3v) is 1.15. The Morgan fingerprint density at radius 1 is 1.64 bits per heavy atom. The number of pyridine rings is 1. The van der Waals surface area contributed by atoms with Gasteiger partial charge in [0.2, 0.25) is 0 Å². The Morgan fingerprint density at radius 3 is 2.91 bits per heavy atom. The van der Waals surface area contributed by atoms with Crippen molar-refractivity contribution < 1.29 is 8.78 Å². The maximum atomic E-state index is 11.6. The molecule has 1 aromatic rings. The van der Waals surface area contributed by atoms with E-state index in [-0.39, 0.29) is 10.6 Å². The summed E-state index contributed by atoms with van der Waals surface area (Å²) in [7, 11) is 0. The number of aromatic nitrogens is 1. The van der Waals surface area contributed by atoms with E-state index in [1.807, 2.05) is 0 Å². The molecule has 0 spiro atoms. The lowest BCUT2D eigenvalue weighted by atomic mass is 10.3. The quantitative estimate of drug-likeness (QED) is 0.638. The molecular formula is C7H3ClF2N. The predicted molar refractivity (Wildman–Crippen MR) is 38.3 cm³/mol. The fourth-order valence-electron chi connectivity index (χ4n) is 0.589. The molecule has 57 valence electrons. The number of hydrogen-bond acceptors (Lipinski definition) is 1. The molecule has 0 atom stereocenters. The molecule has 1 heterocycles. The number of nitrogens with zero attached hydrogens (tertiary/aromatic N) is 1. The number of hydrogen-bond donors (Lipinski definition) is 0. The molecule has 0 saturated carbocycles. The van der Waals surface area contributed by atoms with Crippen LogP contribution in [0.25, 0.3) is 6.08 Å².